The molecule has 0 atom stereocenters. The van der Waals surface area contributed by atoms with Gasteiger partial charge in [0.15, 0.2) is 5.71 Å². The number of pyridine rings is 1. The van der Waals surface area contributed by atoms with Crippen LogP contribution in [0.4, 0.5) is 11.4 Å². The van der Waals surface area contributed by atoms with Crippen LogP contribution in [0.5, 0.6) is 0 Å². The van der Waals surface area contributed by atoms with E-state index in [1.54, 1.807) is 19.1 Å². The van der Waals surface area contributed by atoms with Crippen molar-refractivity contribution in [3.63, 3.8) is 0 Å². The van der Waals surface area contributed by atoms with Crippen molar-refractivity contribution in [2.24, 2.45) is 0 Å². The van der Waals surface area contributed by atoms with E-state index in [1.807, 2.05) is 82.9 Å². The SMILES string of the molecule is CCN1/C(=C/C=C(/C=C/C2=[N+](CC)c3ccc4c(C)cc(S(=O)(=O)O)cc4c3C2(C)C)c2ccc(C(=O)O)cn2)C(C)(C)c2c1ccc1c(S(=O)(=O)O)cc(S(=O)(=O)O)cc21. The van der Waals surface area contributed by atoms with Crippen molar-refractivity contribution in [1.29, 1.82) is 0 Å². The Hall–Kier alpha value is -5.56. The Morgan fingerprint density at radius 2 is 1.39 bits per heavy atom. The fourth-order valence-electron chi connectivity index (χ4n) is 8.94. The molecular weight excluding hydrogens is 843 g/mol. The minimum atomic E-state index is -4.93. The highest BCUT2D eigenvalue weighted by Crippen LogP contribution is 2.52. The van der Waals surface area contributed by atoms with Crippen molar-refractivity contribution in [2.45, 2.75) is 74.0 Å². The van der Waals surface area contributed by atoms with Gasteiger partial charge >= 0.3 is 5.97 Å². The van der Waals surface area contributed by atoms with Crippen LogP contribution in [0.2, 0.25) is 0 Å². The summed E-state index contributed by atoms with van der Waals surface area (Å²) in [5.41, 5.74) is 4.62. The summed E-state index contributed by atoms with van der Waals surface area (Å²) in [6, 6.07) is 15.0. The summed E-state index contributed by atoms with van der Waals surface area (Å²) >= 11 is 0. The zero-order valence-electron chi connectivity index (χ0n) is 34.3. The van der Waals surface area contributed by atoms with Crippen LogP contribution in [-0.4, -0.2) is 78.3 Å². The van der Waals surface area contributed by atoms with Crippen LogP contribution in [0, 0.1) is 6.92 Å². The van der Waals surface area contributed by atoms with Gasteiger partial charge in [0.1, 0.15) is 11.4 Å². The molecular formula is C44H44N3O11S3+. The summed E-state index contributed by atoms with van der Waals surface area (Å²) in [5.74, 6) is -1.15. The molecule has 2 aliphatic heterocycles. The molecule has 14 nitrogen and oxygen atoms in total. The van der Waals surface area contributed by atoms with Crippen molar-refractivity contribution >= 4 is 80.5 Å². The first-order valence-corrected chi connectivity index (χ1v) is 23.5. The van der Waals surface area contributed by atoms with Crippen molar-refractivity contribution in [3.8, 4) is 0 Å². The number of carboxylic acid groups (broad SMARTS) is 1. The van der Waals surface area contributed by atoms with E-state index in [1.165, 1.54) is 36.5 Å². The van der Waals surface area contributed by atoms with E-state index in [2.05, 4.69) is 9.56 Å². The molecule has 1 aromatic heterocycles. The van der Waals surface area contributed by atoms with E-state index in [9.17, 15) is 48.8 Å². The van der Waals surface area contributed by atoms with Gasteiger partial charge in [0, 0.05) is 58.2 Å². The third-order valence-electron chi connectivity index (χ3n) is 11.7. The normalized spacial score (nSPS) is 17.2. The Bertz CT molecular complexity index is 3220. The predicted molar refractivity (Wildman–Crippen MR) is 233 cm³/mol. The predicted octanol–water partition coefficient (Wildman–Crippen LogP) is 7.87. The first kappa shape index (κ1) is 43.5. The lowest BCUT2D eigenvalue weighted by Crippen LogP contribution is -2.27. The largest absolute Gasteiger partial charge is 0.478 e. The Kier molecular flexibility index (Phi) is 10.6. The van der Waals surface area contributed by atoms with Gasteiger partial charge in [-0.3, -0.25) is 18.6 Å². The molecule has 4 aromatic carbocycles. The molecule has 2 aliphatic rings. The number of hydrogen-bond donors (Lipinski definition) is 4. The number of fused-ring (bicyclic) bond motifs is 6. The first-order valence-electron chi connectivity index (χ1n) is 19.2. The van der Waals surface area contributed by atoms with E-state index in [0.29, 0.717) is 46.6 Å². The number of aryl methyl sites for hydroxylation is 1. The lowest BCUT2D eigenvalue weighted by molar-refractivity contribution is -0.433. The standard InChI is InChI=1S/C44H43N3O11S3/c1-8-46-35-16-13-30-25(3)20-28(59(50,51)52)21-32(30)40(35)43(4,5)38(46)18-11-26(34-15-10-27(24-45-34)42(48)49)12-19-39-44(6,7)41-33-22-29(60(53,54)55)23-37(61(56,57)58)31(33)14-17-36(41)47(39)9-2/h10-24H,8-9H2,1-7H3,(H3-,48,49,50,51,52,53,54,55,56,57,58)/p+1. The third kappa shape index (κ3) is 7.38. The number of likely N-dealkylation sites (N-methyl/N-ethyl adjacent to an activating group) is 1. The van der Waals surface area contributed by atoms with Gasteiger partial charge in [0.2, 0.25) is 5.69 Å². The average molecular weight is 887 g/mol. The quantitative estimate of drug-likeness (QED) is 0.0597. The molecule has 5 aromatic rings. The van der Waals surface area contributed by atoms with Gasteiger partial charge in [-0.05, 0) is 123 Å². The van der Waals surface area contributed by atoms with Gasteiger partial charge in [-0.25, -0.2) is 4.79 Å². The van der Waals surface area contributed by atoms with Crippen LogP contribution in [0.25, 0.3) is 27.1 Å². The summed E-state index contributed by atoms with van der Waals surface area (Å²) in [6.07, 6.45) is 8.75. The number of hydrogen-bond acceptors (Lipinski definition) is 9. The number of rotatable bonds is 10. The molecule has 17 heteroatoms. The van der Waals surface area contributed by atoms with Crippen LogP contribution < -0.4 is 4.90 Å². The van der Waals surface area contributed by atoms with Gasteiger partial charge < -0.3 is 10.0 Å². The van der Waals surface area contributed by atoms with E-state index >= 15 is 0 Å². The van der Waals surface area contributed by atoms with Crippen LogP contribution in [0.3, 0.4) is 0 Å². The van der Waals surface area contributed by atoms with E-state index in [0.717, 1.165) is 34.1 Å². The maximum absolute atomic E-state index is 12.5. The van der Waals surface area contributed by atoms with E-state index in [-0.39, 0.29) is 21.2 Å². The third-order valence-corrected chi connectivity index (χ3v) is 14.2. The second kappa shape index (κ2) is 14.8. The minimum absolute atomic E-state index is 0.0132. The highest BCUT2D eigenvalue weighted by atomic mass is 32.2. The fourth-order valence-corrected chi connectivity index (χ4v) is 10.9. The molecule has 61 heavy (non-hydrogen) atoms. The molecule has 0 fully saturated rings. The molecule has 0 unspecified atom stereocenters. The van der Waals surface area contributed by atoms with Gasteiger partial charge in [-0.1, -0.05) is 26.0 Å². The lowest BCUT2D eigenvalue weighted by Gasteiger charge is -2.26. The molecule has 0 saturated heterocycles. The van der Waals surface area contributed by atoms with E-state index in [4.69, 9.17) is 0 Å². The lowest BCUT2D eigenvalue weighted by atomic mass is 9.78. The molecule has 0 bridgehead atoms. The topological polar surface area (TPSA) is 220 Å². The summed E-state index contributed by atoms with van der Waals surface area (Å²) in [7, 11) is -14.3. The van der Waals surface area contributed by atoms with Gasteiger partial charge in [-0.15, -0.1) is 0 Å². The second-order valence-corrected chi connectivity index (χ2v) is 20.3. The number of benzene rings is 4. The molecule has 3 heterocycles. The van der Waals surface area contributed by atoms with Crippen molar-refractivity contribution in [3.05, 3.63) is 125 Å². The van der Waals surface area contributed by atoms with Crippen LogP contribution in [0.1, 0.15) is 74.3 Å². The number of nitrogens with zero attached hydrogens (tertiary/aromatic N) is 3. The van der Waals surface area contributed by atoms with Crippen molar-refractivity contribution in [2.75, 3.05) is 18.0 Å². The minimum Gasteiger partial charge on any atom is -0.478 e. The van der Waals surface area contributed by atoms with E-state index < -0.39 is 56.9 Å². The summed E-state index contributed by atoms with van der Waals surface area (Å²) in [6.45, 7) is 14.5. The fraction of sp³-hybridized carbons (Fsp3) is 0.250. The van der Waals surface area contributed by atoms with Gasteiger partial charge in [0.25, 0.3) is 30.4 Å². The number of aromatic nitrogens is 1. The molecule has 0 saturated carbocycles. The summed E-state index contributed by atoms with van der Waals surface area (Å²) < 4.78 is 107. The average Bonchev–Trinajstić information content (AvgIpc) is 3.54. The number of aromatic carboxylic acids is 1. The molecule has 0 spiro atoms. The molecule has 318 valence electrons. The number of carbonyl (C=O) groups is 1. The Morgan fingerprint density at radius 1 is 0.770 bits per heavy atom. The molecule has 4 N–H and O–H groups in total. The summed E-state index contributed by atoms with van der Waals surface area (Å²) in [5, 5.41) is 11.4. The molecule has 7 rings (SSSR count). The number of allylic oxidation sites excluding steroid dienone is 6. The first-order chi connectivity index (χ1) is 28.3. The van der Waals surface area contributed by atoms with Crippen LogP contribution >= 0.6 is 0 Å². The van der Waals surface area contributed by atoms with Gasteiger partial charge in [-0.2, -0.15) is 29.8 Å². The zero-order valence-corrected chi connectivity index (χ0v) is 36.7. The second-order valence-electron chi connectivity index (χ2n) is 16.1. The Morgan fingerprint density at radius 3 is 1.95 bits per heavy atom. The smallest absolute Gasteiger partial charge is 0.337 e. The van der Waals surface area contributed by atoms with Crippen molar-refractivity contribution < 1.29 is 53.4 Å². The molecule has 0 amide bonds. The maximum atomic E-state index is 12.5. The highest BCUT2D eigenvalue weighted by molar-refractivity contribution is 7.87. The summed E-state index contributed by atoms with van der Waals surface area (Å²) in [4.78, 5) is 16.7. The van der Waals surface area contributed by atoms with Gasteiger partial charge in [0.05, 0.1) is 26.5 Å². The van der Waals surface area contributed by atoms with Crippen LogP contribution in [-0.2, 0) is 41.2 Å². The number of anilines is 1. The monoisotopic (exact) mass is 886 g/mol. The highest BCUT2D eigenvalue weighted by Gasteiger charge is 2.46. The van der Waals surface area contributed by atoms with Crippen molar-refractivity contribution in [1.82, 2.24) is 4.98 Å². The molecule has 0 aliphatic carbocycles. The Labute approximate surface area is 354 Å². The maximum Gasteiger partial charge on any atom is 0.337 e. The Balaban J connectivity index is 1.42. The molecule has 0 radical (unpaired) electrons. The van der Waals surface area contributed by atoms with Crippen LogP contribution in [0.15, 0.2) is 112 Å². The zero-order chi connectivity index (χ0) is 44.8. The number of carboxylic acids is 1.